The van der Waals surface area contributed by atoms with Gasteiger partial charge < -0.3 is 10.2 Å². The summed E-state index contributed by atoms with van der Waals surface area (Å²) >= 11 is 0. The van der Waals surface area contributed by atoms with Crippen molar-refractivity contribution in [2.75, 3.05) is 11.4 Å². The van der Waals surface area contributed by atoms with Crippen LogP contribution in [0.2, 0.25) is 0 Å². The first-order valence-corrected chi connectivity index (χ1v) is 9.10. The summed E-state index contributed by atoms with van der Waals surface area (Å²) in [5, 5.41) is 2.73. The van der Waals surface area contributed by atoms with Crippen molar-refractivity contribution in [3.8, 4) is 0 Å². The van der Waals surface area contributed by atoms with Gasteiger partial charge in [0.2, 0.25) is 11.8 Å². The Morgan fingerprint density at radius 2 is 1.89 bits per heavy atom. The standard InChI is InChI=1S/C21H21F3N2O2/c1-14(16-4-2-5-17(13-16)21(22,23)24)25-19(27)12-15-7-9-18(10-8-15)26-11-3-6-20(26)28/h2,4-5,7-10,13-14H,3,6,11-12H2,1H3,(H,25,27). The number of benzene rings is 2. The number of carbonyl (C=O) groups excluding carboxylic acids is 2. The van der Waals surface area contributed by atoms with Crippen LogP contribution in [0.25, 0.3) is 0 Å². The molecule has 2 aromatic carbocycles. The largest absolute Gasteiger partial charge is 0.416 e. The smallest absolute Gasteiger partial charge is 0.349 e. The van der Waals surface area contributed by atoms with Gasteiger partial charge in [-0.3, -0.25) is 9.59 Å². The lowest BCUT2D eigenvalue weighted by Gasteiger charge is -2.17. The molecule has 4 nitrogen and oxygen atoms in total. The van der Waals surface area contributed by atoms with Gasteiger partial charge in [-0.1, -0.05) is 24.3 Å². The van der Waals surface area contributed by atoms with Crippen LogP contribution in [-0.4, -0.2) is 18.4 Å². The summed E-state index contributed by atoms with van der Waals surface area (Å²) in [4.78, 5) is 25.8. The van der Waals surface area contributed by atoms with Gasteiger partial charge in [0.15, 0.2) is 0 Å². The SMILES string of the molecule is CC(NC(=O)Cc1ccc(N2CCCC2=O)cc1)c1cccc(C(F)(F)F)c1. The fraction of sp³-hybridized carbons (Fsp3) is 0.333. The van der Waals surface area contributed by atoms with Crippen LogP contribution >= 0.6 is 0 Å². The number of hydrogen-bond donors (Lipinski definition) is 1. The fourth-order valence-electron chi connectivity index (χ4n) is 3.26. The van der Waals surface area contributed by atoms with E-state index in [1.54, 1.807) is 30.0 Å². The Hall–Kier alpha value is -2.83. The molecule has 1 atom stereocenters. The van der Waals surface area contributed by atoms with Gasteiger partial charge in [-0.25, -0.2) is 0 Å². The first-order chi connectivity index (χ1) is 13.2. The Kier molecular flexibility index (Phi) is 5.72. The maximum atomic E-state index is 12.8. The second-order valence-corrected chi connectivity index (χ2v) is 6.90. The maximum Gasteiger partial charge on any atom is 0.416 e. The van der Waals surface area contributed by atoms with E-state index < -0.39 is 17.8 Å². The molecule has 2 aromatic rings. The molecule has 3 rings (SSSR count). The molecular weight excluding hydrogens is 369 g/mol. The van der Waals surface area contributed by atoms with Crippen LogP contribution in [0.15, 0.2) is 48.5 Å². The molecular formula is C21H21F3N2O2. The molecule has 1 fully saturated rings. The Morgan fingerprint density at radius 1 is 1.18 bits per heavy atom. The minimum atomic E-state index is -4.42. The van der Waals surface area contributed by atoms with Gasteiger partial charge in [0.05, 0.1) is 18.0 Å². The van der Waals surface area contributed by atoms with Gasteiger partial charge in [0.25, 0.3) is 0 Å². The lowest BCUT2D eigenvalue weighted by Crippen LogP contribution is -2.28. The summed E-state index contributed by atoms with van der Waals surface area (Å²) < 4.78 is 38.5. The number of carbonyl (C=O) groups is 2. The van der Waals surface area contributed by atoms with Gasteiger partial charge in [-0.05, 0) is 48.7 Å². The zero-order chi connectivity index (χ0) is 20.3. The van der Waals surface area contributed by atoms with Gasteiger partial charge in [0.1, 0.15) is 0 Å². The Labute approximate surface area is 161 Å². The van der Waals surface area contributed by atoms with E-state index >= 15 is 0 Å². The van der Waals surface area contributed by atoms with Crippen molar-refractivity contribution in [1.29, 1.82) is 0 Å². The number of hydrogen-bond acceptors (Lipinski definition) is 2. The van der Waals surface area contributed by atoms with E-state index in [-0.39, 0.29) is 18.2 Å². The monoisotopic (exact) mass is 390 g/mol. The number of anilines is 1. The van der Waals surface area contributed by atoms with Crippen molar-refractivity contribution in [2.24, 2.45) is 0 Å². The fourth-order valence-corrected chi connectivity index (χ4v) is 3.26. The third-order valence-corrected chi connectivity index (χ3v) is 4.78. The summed E-state index contributed by atoms with van der Waals surface area (Å²) in [6.45, 7) is 2.35. The lowest BCUT2D eigenvalue weighted by atomic mass is 10.0. The summed E-state index contributed by atoms with van der Waals surface area (Å²) in [6.07, 6.45) is -2.91. The van der Waals surface area contributed by atoms with Crippen LogP contribution in [0.4, 0.5) is 18.9 Å². The highest BCUT2D eigenvalue weighted by molar-refractivity contribution is 5.95. The van der Waals surface area contributed by atoms with Crippen LogP contribution in [0.5, 0.6) is 0 Å². The Balaban J connectivity index is 1.60. The highest BCUT2D eigenvalue weighted by Crippen LogP contribution is 2.30. The minimum Gasteiger partial charge on any atom is -0.349 e. The van der Waals surface area contributed by atoms with E-state index in [9.17, 15) is 22.8 Å². The van der Waals surface area contributed by atoms with E-state index in [0.29, 0.717) is 18.5 Å². The molecule has 0 radical (unpaired) electrons. The maximum absolute atomic E-state index is 12.8. The molecule has 0 aliphatic carbocycles. The van der Waals surface area contributed by atoms with E-state index in [4.69, 9.17) is 0 Å². The van der Waals surface area contributed by atoms with Crippen molar-refractivity contribution < 1.29 is 22.8 Å². The average Bonchev–Trinajstić information content (AvgIpc) is 3.07. The second kappa shape index (κ2) is 8.04. The molecule has 0 aromatic heterocycles. The zero-order valence-corrected chi connectivity index (χ0v) is 15.4. The number of rotatable bonds is 5. The van der Waals surface area contributed by atoms with Gasteiger partial charge in [-0.2, -0.15) is 13.2 Å². The summed E-state index contributed by atoms with van der Waals surface area (Å²) in [5.74, 6) is -0.185. The summed E-state index contributed by atoms with van der Waals surface area (Å²) in [7, 11) is 0. The van der Waals surface area contributed by atoms with Crippen molar-refractivity contribution in [3.63, 3.8) is 0 Å². The van der Waals surface area contributed by atoms with E-state index in [1.165, 1.54) is 6.07 Å². The Bertz CT molecular complexity index is 863. The molecule has 0 saturated carbocycles. The predicted octanol–water partition coefficient (Wildman–Crippen LogP) is 4.25. The molecule has 28 heavy (non-hydrogen) atoms. The normalized spacial score (nSPS) is 15.6. The highest BCUT2D eigenvalue weighted by Gasteiger charge is 2.30. The van der Waals surface area contributed by atoms with Crippen LogP contribution < -0.4 is 10.2 Å². The molecule has 148 valence electrons. The van der Waals surface area contributed by atoms with Crippen LogP contribution in [0.3, 0.4) is 0 Å². The van der Waals surface area contributed by atoms with Crippen LogP contribution in [0, 0.1) is 0 Å². The van der Waals surface area contributed by atoms with Gasteiger partial charge in [-0.15, -0.1) is 0 Å². The third kappa shape index (κ3) is 4.71. The van der Waals surface area contributed by atoms with Crippen LogP contribution in [0.1, 0.15) is 42.5 Å². The summed E-state index contributed by atoms with van der Waals surface area (Å²) in [5.41, 5.74) is 1.23. The first kappa shape index (κ1) is 19.9. The van der Waals surface area contributed by atoms with E-state index in [1.807, 2.05) is 12.1 Å². The Morgan fingerprint density at radius 3 is 2.50 bits per heavy atom. The molecule has 1 saturated heterocycles. The molecule has 0 bridgehead atoms. The second-order valence-electron chi connectivity index (χ2n) is 6.90. The van der Waals surface area contributed by atoms with Crippen LogP contribution in [-0.2, 0) is 22.2 Å². The van der Waals surface area contributed by atoms with Gasteiger partial charge in [0, 0.05) is 18.7 Å². The van der Waals surface area contributed by atoms with Crippen molar-refractivity contribution in [2.45, 2.75) is 38.4 Å². The van der Waals surface area contributed by atoms with E-state index in [0.717, 1.165) is 29.8 Å². The van der Waals surface area contributed by atoms with Crippen molar-refractivity contribution in [1.82, 2.24) is 5.32 Å². The molecule has 1 aliphatic heterocycles. The highest BCUT2D eigenvalue weighted by atomic mass is 19.4. The van der Waals surface area contributed by atoms with Crippen molar-refractivity contribution >= 4 is 17.5 Å². The molecule has 1 aliphatic rings. The average molecular weight is 390 g/mol. The number of halogens is 3. The molecule has 2 amide bonds. The molecule has 1 unspecified atom stereocenters. The number of nitrogens with zero attached hydrogens (tertiary/aromatic N) is 1. The first-order valence-electron chi connectivity index (χ1n) is 9.10. The lowest BCUT2D eigenvalue weighted by molar-refractivity contribution is -0.137. The predicted molar refractivity (Wildman–Crippen MR) is 99.7 cm³/mol. The molecule has 1 heterocycles. The number of alkyl halides is 3. The molecule has 7 heteroatoms. The minimum absolute atomic E-state index is 0.0976. The quantitative estimate of drug-likeness (QED) is 0.830. The topological polar surface area (TPSA) is 49.4 Å². The van der Waals surface area contributed by atoms with E-state index in [2.05, 4.69) is 5.32 Å². The zero-order valence-electron chi connectivity index (χ0n) is 15.4. The molecule has 0 spiro atoms. The third-order valence-electron chi connectivity index (χ3n) is 4.78. The summed E-state index contributed by atoms with van der Waals surface area (Å²) in [6, 6.07) is 11.6. The molecule has 1 N–H and O–H groups in total. The number of amides is 2. The van der Waals surface area contributed by atoms with Crippen molar-refractivity contribution in [3.05, 3.63) is 65.2 Å². The van der Waals surface area contributed by atoms with Gasteiger partial charge >= 0.3 is 6.18 Å². The number of nitrogens with one attached hydrogen (secondary N) is 1.